The maximum absolute atomic E-state index is 15.3. The number of amides is 2. The predicted octanol–water partition coefficient (Wildman–Crippen LogP) is 1.60. The van der Waals surface area contributed by atoms with Crippen LogP contribution in [0.2, 0.25) is 0 Å². The average Bonchev–Trinajstić information content (AvgIpc) is 3.51. The van der Waals surface area contributed by atoms with Crippen LogP contribution in [0.25, 0.3) is 11.1 Å². The quantitative estimate of drug-likeness (QED) is 0.407. The summed E-state index contributed by atoms with van der Waals surface area (Å²) in [5.74, 6) is -0.264. The van der Waals surface area contributed by atoms with Crippen LogP contribution in [0, 0.1) is 29.0 Å². The number of ether oxygens (including phenoxy) is 1. The van der Waals surface area contributed by atoms with Gasteiger partial charge < -0.3 is 14.5 Å². The average molecular weight is 586 g/mol. The standard InChI is InChI=1S/C30H32FN9O3/c1-36-8-10-37(11-9-36)18-28(41)38-16-24-25(17-38)30(24,19-32)27-5-2-20(13-33-27)23-4-3-21(12-26(23)31)40-15-22(43-29(40)42)14-39-7-6-34-35-39/h2-7,12-13,22,24-25H,8-11,14-18H2,1H3/t22-,24-,25+,30?/m0/s1. The van der Waals surface area contributed by atoms with Gasteiger partial charge in [-0.3, -0.25) is 19.6 Å². The molecule has 0 bridgehead atoms. The second-order valence-electron chi connectivity index (χ2n) is 11.9. The summed E-state index contributed by atoms with van der Waals surface area (Å²) in [5.41, 5.74) is 1.26. The van der Waals surface area contributed by atoms with Crippen LogP contribution in [-0.2, 0) is 21.5 Å². The molecule has 1 saturated carbocycles. The van der Waals surface area contributed by atoms with Crippen molar-refractivity contribution in [1.82, 2.24) is 34.7 Å². The van der Waals surface area contributed by atoms with E-state index in [1.807, 2.05) is 4.90 Å². The normalized spacial score (nSPS) is 27.2. The van der Waals surface area contributed by atoms with Crippen LogP contribution in [0.4, 0.5) is 14.9 Å². The second-order valence-corrected chi connectivity index (χ2v) is 11.9. The Kier molecular flexibility index (Phi) is 6.82. The van der Waals surface area contributed by atoms with E-state index in [-0.39, 0.29) is 24.3 Å². The third-order valence-corrected chi connectivity index (χ3v) is 9.37. The highest BCUT2D eigenvalue weighted by atomic mass is 19.1. The minimum absolute atomic E-state index is 0.0527. The fourth-order valence-corrected chi connectivity index (χ4v) is 6.80. The zero-order valence-electron chi connectivity index (χ0n) is 23.8. The lowest BCUT2D eigenvalue weighted by atomic mass is 9.95. The maximum Gasteiger partial charge on any atom is 0.414 e. The third-order valence-electron chi connectivity index (χ3n) is 9.37. The van der Waals surface area contributed by atoms with Gasteiger partial charge in [0.25, 0.3) is 0 Å². The Morgan fingerprint density at radius 1 is 1.14 bits per heavy atom. The molecule has 43 heavy (non-hydrogen) atoms. The van der Waals surface area contributed by atoms with Crippen LogP contribution >= 0.6 is 0 Å². The first kappa shape index (κ1) is 27.4. The minimum Gasteiger partial charge on any atom is -0.442 e. The number of cyclic esters (lactones) is 1. The Morgan fingerprint density at radius 3 is 2.58 bits per heavy atom. The van der Waals surface area contributed by atoms with Gasteiger partial charge in [-0.1, -0.05) is 11.3 Å². The molecule has 0 radical (unpaired) electrons. The van der Waals surface area contributed by atoms with E-state index in [2.05, 4.69) is 38.2 Å². The summed E-state index contributed by atoms with van der Waals surface area (Å²) in [6, 6.07) is 10.7. The topological polar surface area (TPSA) is 124 Å². The molecule has 4 fully saturated rings. The van der Waals surface area contributed by atoms with Gasteiger partial charge >= 0.3 is 6.09 Å². The maximum atomic E-state index is 15.3. The molecule has 0 spiro atoms. The molecular formula is C30H32FN9O3. The van der Waals surface area contributed by atoms with E-state index in [1.54, 1.807) is 47.5 Å². The number of halogens is 1. The molecule has 222 valence electrons. The molecule has 1 aromatic carbocycles. The van der Waals surface area contributed by atoms with E-state index >= 15 is 4.39 Å². The number of rotatable bonds is 7. The van der Waals surface area contributed by atoms with E-state index in [9.17, 15) is 14.9 Å². The first-order valence-corrected chi connectivity index (χ1v) is 14.5. The molecule has 7 rings (SSSR count). The van der Waals surface area contributed by atoms with Crippen molar-refractivity contribution in [1.29, 1.82) is 5.26 Å². The number of piperazine rings is 1. The molecule has 3 aromatic rings. The summed E-state index contributed by atoms with van der Waals surface area (Å²) in [7, 11) is 2.09. The Hall–Kier alpha value is -4.41. The minimum atomic E-state index is -0.718. The van der Waals surface area contributed by atoms with Gasteiger partial charge in [0.15, 0.2) is 0 Å². The van der Waals surface area contributed by atoms with Crippen molar-refractivity contribution >= 4 is 17.7 Å². The third kappa shape index (κ3) is 4.90. The van der Waals surface area contributed by atoms with E-state index in [4.69, 9.17) is 4.74 Å². The molecule has 3 saturated heterocycles. The number of piperidine rings is 1. The number of fused-ring (bicyclic) bond motifs is 1. The zero-order chi connectivity index (χ0) is 29.7. The van der Waals surface area contributed by atoms with Crippen LogP contribution in [0.5, 0.6) is 0 Å². The van der Waals surface area contributed by atoms with Crippen LogP contribution in [-0.4, -0.2) is 112 Å². The highest BCUT2D eigenvalue weighted by Gasteiger charge is 2.71. The van der Waals surface area contributed by atoms with Crippen molar-refractivity contribution in [3.63, 3.8) is 0 Å². The largest absolute Gasteiger partial charge is 0.442 e. The van der Waals surface area contributed by atoms with E-state index in [0.29, 0.717) is 48.7 Å². The van der Waals surface area contributed by atoms with Gasteiger partial charge in [0.1, 0.15) is 17.3 Å². The van der Waals surface area contributed by atoms with Gasteiger partial charge in [0.2, 0.25) is 5.91 Å². The summed E-state index contributed by atoms with van der Waals surface area (Å²) in [5, 5.41) is 17.8. The highest BCUT2D eigenvalue weighted by molar-refractivity contribution is 5.90. The van der Waals surface area contributed by atoms with E-state index in [1.165, 1.54) is 11.0 Å². The molecule has 4 aliphatic rings. The number of hydrogen-bond acceptors (Lipinski definition) is 9. The van der Waals surface area contributed by atoms with E-state index < -0.39 is 23.4 Å². The number of carbonyl (C=O) groups excluding carboxylic acids is 2. The molecule has 2 aromatic heterocycles. The van der Waals surface area contributed by atoms with Crippen molar-refractivity contribution in [3.8, 4) is 17.2 Å². The Labute approximate surface area is 248 Å². The lowest BCUT2D eigenvalue weighted by Crippen LogP contribution is -2.49. The van der Waals surface area contributed by atoms with Crippen molar-refractivity contribution in [3.05, 3.63) is 60.4 Å². The van der Waals surface area contributed by atoms with Gasteiger partial charge in [-0.05, 0) is 31.3 Å². The molecule has 2 amide bonds. The summed E-state index contributed by atoms with van der Waals surface area (Å²) < 4.78 is 22.3. The smallest absolute Gasteiger partial charge is 0.414 e. The van der Waals surface area contributed by atoms with Crippen molar-refractivity contribution in [2.45, 2.75) is 18.1 Å². The summed E-state index contributed by atoms with van der Waals surface area (Å²) in [4.78, 5) is 37.8. The monoisotopic (exact) mass is 585 g/mol. The molecule has 1 unspecified atom stereocenters. The molecule has 13 heteroatoms. The first-order chi connectivity index (χ1) is 20.9. The Balaban J connectivity index is 0.991. The summed E-state index contributed by atoms with van der Waals surface area (Å²) in [6.07, 6.45) is 3.86. The number of nitrogens with zero attached hydrogens (tertiary/aromatic N) is 9. The lowest BCUT2D eigenvalue weighted by Gasteiger charge is -2.33. The lowest BCUT2D eigenvalue weighted by molar-refractivity contribution is -0.132. The molecule has 3 aliphatic heterocycles. The SMILES string of the molecule is CN1CCN(CC(=O)N2C[C@@H]3[C@H](C2)C3(C#N)c2ccc(-c3ccc(N4C[C@H](Cn5ccnn5)OC4=O)cc3F)cn2)CC1. The zero-order valence-corrected chi connectivity index (χ0v) is 23.8. The Bertz CT molecular complexity index is 1550. The number of benzene rings is 1. The highest BCUT2D eigenvalue weighted by Crippen LogP contribution is 2.62. The van der Waals surface area contributed by atoms with Crippen molar-refractivity contribution in [2.75, 3.05) is 64.3 Å². The van der Waals surface area contributed by atoms with Crippen LogP contribution < -0.4 is 4.90 Å². The van der Waals surface area contributed by atoms with Crippen LogP contribution in [0.1, 0.15) is 5.69 Å². The fraction of sp³-hybridized carbons (Fsp3) is 0.467. The summed E-state index contributed by atoms with van der Waals surface area (Å²) >= 11 is 0. The number of pyridine rings is 1. The second kappa shape index (κ2) is 10.7. The van der Waals surface area contributed by atoms with Crippen LogP contribution in [0.3, 0.4) is 0 Å². The number of hydrogen-bond donors (Lipinski definition) is 0. The number of carbonyl (C=O) groups is 2. The number of anilines is 1. The molecule has 1 aliphatic carbocycles. The number of nitriles is 1. The van der Waals surface area contributed by atoms with Crippen molar-refractivity contribution in [2.24, 2.45) is 11.8 Å². The number of likely N-dealkylation sites (tertiary alicyclic amines) is 1. The van der Waals surface area contributed by atoms with Crippen molar-refractivity contribution < 1.29 is 18.7 Å². The number of likely N-dealkylation sites (N-methyl/N-ethyl adjacent to an activating group) is 1. The number of aromatic nitrogens is 4. The van der Waals surface area contributed by atoms with E-state index in [0.717, 1.165) is 26.2 Å². The van der Waals surface area contributed by atoms with Gasteiger partial charge in [-0.2, -0.15) is 5.26 Å². The van der Waals surface area contributed by atoms with Gasteiger partial charge in [-0.15, -0.1) is 5.10 Å². The molecule has 0 N–H and O–H groups in total. The summed E-state index contributed by atoms with van der Waals surface area (Å²) in [6.45, 7) is 5.87. The molecular weight excluding hydrogens is 553 g/mol. The Morgan fingerprint density at radius 2 is 1.93 bits per heavy atom. The molecule has 5 heterocycles. The molecule has 4 atom stereocenters. The van der Waals surface area contributed by atoms with Gasteiger partial charge in [0, 0.05) is 74.6 Å². The van der Waals surface area contributed by atoms with Gasteiger partial charge in [0.05, 0.1) is 43.3 Å². The van der Waals surface area contributed by atoms with Crippen LogP contribution in [0.15, 0.2) is 48.9 Å². The predicted molar refractivity (Wildman–Crippen MR) is 152 cm³/mol. The fourth-order valence-electron chi connectivity index (χ4n) is 6.80. The first-order valence-electron chi connectivity index (χ1n) is 14.5. The van der Waals surface area contributed by atoms with Gasteiger partial charge in [-0.25, -0.2) is 13.9 Å². The molecule has 12 nitrogen and oxygen atoms in total.